The van der Waals surface area contributed by atoms with Gasteiger partial charge in [0.25, 0.3) is 5.91 Å². The highest BCUT2D eigenvalue weighted by molar-refractivity contribution is 6.05. The van der Waals surface area contributed by atoms with Crippen LogP contribution in [0.2, 0.25) is 0 Å². The molecule has 0 saturated heterocycles. The summed E-state index contributed by atoms with van der Waals surface area (Å²) in [5.74, 6) is -0.375. The van der Waals surface area contributed by atoms with Gasteiger partial charge in [0.05, 0.1) is 6.61 Å². The van der Waals surface area contributed by atoms with Gasteiger partial charge in [0, 0.05) is 23.5 Å². The monoisotopic (exact) mass is 405 g/mol. The fourth-order valence-corrected chi connectivity index (χ4v) is 2.84. The Morgan fingerprint density at radius 2 is 1.57 bits per heavy atom. The number of hydrogen-bond donors (Lipinski definition) is 4. The first kappa shape index (κ1) is 21.0. The highest BCUT2D eigenvalue weighted by Gasteiger charge is 2.12. The minimum Gasteiger partial charge on any atom is -0.444 e. The number of benzene rings is 3. The fraction of sp³-hybridized carbons (Fsp3) is 0.130. The van der Waals surface area contributed by atoms with Gasteiger partial charge in [0.15, 0.2) is 0 Å². The van der Waals surface area contributed by atoms with Crippen LogP contribution in [0.4, 0.5) is 16.2 Å². The van der Waals surface area contributed by atoms with Gasteiger partial charge in [-0.2, -0.15) is 0 Å². The van der Waals surface area contributed by atoms with Crippen LogP contribution < -0.4 is 16.4 Å². The molecule has 5 N–H and O–H groups in total. The Hall–Kier alpha value is -3.68. The zero-order valence-electron chi connectivity index (χ0n) is 16.3. The lowest BCUT2D eigenvalue weighted by Gasteiger charge is -2.11. The third-order valence-corrected chi connectivity index (χ3v) is 4.32. The number of ether oxygens (including phenoxy) is 1. The minimum absolute atomic E-state index is 0.122. The van der Waals surface area contributed by atoms with E-state index in [-0.39, 0.29) is 24.7 Å². The highest BCUT2D eigenvalue weighted by Crippen LogP contribution is 2.18. The van der Waals surface area contributed by atoms with Gasteiger partial charge >= 0.3 is 6.09 Å². The Kier molecular flexibility index (Phi) is 7.15. The minimum atomic E-state index is -0.657. The summed E-state index contributed by atoms with van der Waals surface area (Å²) in [5, 5.41) is 14.9. The van der Waals surface area contributed by atoms with Crippen molar-refractivity contribution in [1.82, 2.24) is 0 Å². The third kappa shape index (κ3) is 5.91. The van der Waals surface area contributed by atoms with Gasteiger partial charge in [-0.25, -0.2) is 4.79 Å². The predicted octanol–water partition coefficient (Wildman–Crippen LogP) is 3.64. The molecule has 0 radical (unpaired) electrons. The van der Waals surface area contributed by atoms with Gasteiger partial charge in [0.1, 0.15) is 6.61 Å². The molecule has 0 aliphatic rings. The molecule has 3 rings (SSSR count). The number of aliphatic hydroxyl groups is 1. The first-order chi connectivity index (χ1) is 14.6. The average molecular weight is 405 g/mol. The molecule has 0 aromatic heterocycles. The molecular formula is C23H23N3O4. The summed E-state index contributed by atoms with van der Waals surface area (Å²) in [6.07, 6.45) is -0.657. The Labute approximate surface area is 174 Å². The molecule has 3 aromatic rings. The van der Waals surface area contributed by atoms with Crippen LogP contribution in [-0.2, 0) is 24.5 Å². The van der Waals surface area contributed by atoms with Crippen LogP contribution in [0.25, 0.3) is 0 Å². The summed E-state index contributed by atoms with van der Waals surface area (Å²) in [6.45, 7) is 0.206. The van der Waals surface area contributed by atoms with Crippen molar-refractivity contribution in [2.24, 2.45) is 5.73 Å². The fourth-order valence-electron chi connectivity index (χ4n) is 2.84. The molecule has 7 nitrogen and oxygen atoms in total. The van der Waals surface area contributed by atoms with Crippen LogP contribution in [0.3, 0.4) is 0 Å². The van der Waals surface area contributed by atoms with Crippen molar-refractivity contribution in [2.75, 3.05) is 10.6 Å². The van der Waals surface area contributed by atoms with E-state index >= 15 is 0 Å². The van der Waals surface area contributed by atoms with Crippen LogP contribution in [0.15, 0.2) is 72.8 Å². The van der Waals surface area contributed by atoms with E-state index in [1.165, 1.54) is 6.07 Å². The van der Waals surface area contributed by atoms with E-state index in [0.717, 1.165) is 11.1 Å². The molecule has 30 heavy (non-hydrogen) atoms. The summed E-state index contributed by atoms with van der Waals surface area (Å²) < 4.78 is 5.20. The number of nitrogens with one attached hydrogen (secondary N) is 2. The smallest absolute Gasteiger partial charge is 0.411 e. The van der Waals surface area contributed by atoms with E-state index in [0.29, 0.717) is 23.5 Å². The van der Waals surface area contributed by atoms with E-state index in [1.807, 2.05) is 36.4 Å². The standard InChI is InChI=1S/C23H23N3O4/c24-13-17-7-4-8-20(10-17)25-22(28)19-9-18(14-27)11-21(12-19)26-23(29)30-15-16-5-2-1-3-6-16/h1-12,27H,13-15,24H2,(H,25,28)(H,26,29). The molecule has 2 amide bonds. The Morgan fingerprint density at radius 3 is 2.30 bits per heavy atom. The van der Waals surface area contributed by atoms with Crippen LogP contribution in [0, 0.1) is 0 Å². The second-order valence-corrected chi connectivity index (χ2v) is 6.62. The van der Waals surface area contributed by atoms with Crippen molar-refractivity contribution in [3.63, 3.8) is 0 Å². The zero-order chi connectivity index (χ0) is 21.3. The SMILES string of the molecule is NCc1cccc(NC(=O)c2cc(CO)cc(NC(=O)OCc3ccccc3)c2)c1. The molecule has 154 valence electrons. The maximum atomic E-state index is 12.7. The number of rotatable bonds is 7. The molecule has 0 bridgehead atoms. The molecule has 0 aliphatic carbocycles. The second kappa shape index (κ2) is 10.2. The topological polar surface area (TPSA) is 114 Å². The number of aliphatic hydroxyl groups excluding tert-OH is 1. The number of carbonyl (C=O) groups is 2. The van der Waals surface area contributed by atoms with Crippen molar-refractivity contribution in [2.45, 2.75) is 19.8 Å². The molecule has 7 heteroatoms. The lowest BCUT2D eigenvalue weighted by Crippen LogP contribution is -2.16. The average Bonchev–Trinajstić information content (AvgIpc) is 2.78. The van der Waals surface area contributed by atoms with Crippen LogP contribution in [-0.4, -0.2) is 17.1 Å². The van der Waals surface area contributed by atoms with Crippen LogP contribution >= 0.6 is 0 Å². The summed E-state index contributed by atoms with van der Waals surface area (Å²) in [5.41, 5.74) is 9.11. The molecule has 0 heterocycles. The van der Waals surface area contributed by atoms with Gasteiger partial charge in [-0.1, -0.05) is 42.5 Å². The highest BCUT2D eigenvalue weighted by atomic mass is 16.5. The summed E-state index contributed by atoms with van der Waals surface area (Å²) in [7, 11) is 0. The summed E-state index contributed by atoms with van der Waals surface area (Å²) in [4.78, 5) is 24.8. The number of anilines is 2. The molecule has 0 unspecified atom stereocenters. The molecule has 0 spiro atoms. The van der Waals surface area contributed by atoms with Crippen molar-refractivity contribution in [3.8, 4) is 0 Å². The van der Waals surface area contributed by atoms with Crippen LogP contribution in [0.5, 0.6) is 0 Å². The van der Waals surface area contributed by atoms with Crippen molar-refractivity contribution < 1.29 is 19.4 Å². The lowest BCUT2D eigenvalue weighted by atomic mass is 10.1. The Balaban J connectivity index is 1.69. The maximum Gasteiger partial charge on any atom is 0.411 e. The predicted molar refractivity (Wildman–Crippen MR) is 115 cm³/mol. The maximum absolute atomic E-state index is 12.7. The molecule has 0 fully saturated rings. The quantitative estimate of drug-likeness (QED) is 0.479. The molecule has 3 aromatic carbocycles. The normalized spacial score (nSPS) is 10.3. The van der Waals surface area contributed by atoms with Gasteiger partial charge in [0.2, 0.25) is 0 Å². The first-order valence-electron chi connectivity index (χ1n) is 9.40. The Morgan fingerprint density at radius 1 is 0.833 bits per heavy atom. The number of amides is 2. The van der Waals surface area contributed by atoms with Gasteiger partial charge in [-0.15, -0.1) is 0 Å². The van der Waals surface area contributed by atoms with E-state index in [1.54, 1.807) is 30.3 Å². The van der Waals surface area contributed by atoms with E-state index in [2.05, 4.69) is 10.6 Å². The largest absolute Gasteiger partial charge is 0.444 e. The lowest BCUT2D eigenvalue weighted by molar-refractivity contribution is 0.102. The zero-order valence-corrected chi connectivity index (χ0v) is 16.3. The molecule has 0 atom stereocenters. The van der Waals surface area contributed by atoms with Gasteiger partial charge in [-0.3, -0.25) is 10.1 Å². The van der Waals surface area contributed by atoms with E-state index in [4.69, 9.17) is 10.5 Å². The van der Waals surface area contributed by atoms with Crippen LogP contribution in [0.1, 0.15) is 27.0 Å². The molecule has 0 aliphatic heterocycles. The third-order valence-electron chi connectivity index (χ3n) is 4.32. The molecular weight excluding hydrogens is 382 g/mol. The van der Waals surface area contributed by atoms with Crippen molar-refractivity contribution >= 4 is 23.4 Å². The van der Waals surface area contributed by atoms with Gasteiger partial charge in [-0.05, 0) is 47.0 Å². The number of carbonyl (C=O) groups excluding carboxylic acids is 2. The van der Waals surface area contributed by atoms with E-state index < -0.39 is 6.09 Å². The Bertz CT molecular complexity index is 1020. The van der Waals surface area contributed by atoms with Crippen molar-refractivity contribution in [1.29, 1.82) is 0 Å². The number of hydrogen-bond acceptors (Lipinski definition) is 5. The summed E-state index contributed by atoms with van der Waals surface area (Å²) in [6, 6.07) is 21.2. The first-order valence-corrected chi connectivity index (χ1v) is 9.40. The van der Waals surface area contributed by atoms with E-state index in [9.17, 15) is 14.7 Å². The van der Waals surface area contributed by atoms with Gasteiger partial charge < -0.3 is 20.9 Å². The number of nitrogens with two attached hydrogens (primary N) is 1. The van der Waals surface area contributed by atoms with Crippen molar-refractivity contribution in [3.05, 3.63) is 95.1 Å². The second-order valence-electron chi connectivity index (χ2n) is 6.62. The molecule has 0 saturated carbocycles. The summed E-state index contributed by atoms with van der Waals surface area (Å²) >= 11 is 0.